The second-order valence-electron chi connectivity index (χ2n) is 8.55. The van der Waals surface area contributed by atoms with Gasteiger partial charge in [-0.1, -0.05) is 0 Å². The van der Waals surface area contributed by atoms with E-state index in [1.165, 1.54) is 5.69 Å². The fourth-order valence-electron chi connectivity index (χ4n) is 3.81. The fourth-order valence-corrected chi connectivity index (χ4v) is 3.81. The van der Waals surface area contributed by atoms with E-state index >= 15 is 0 Å². The number of hydrogen-bond donors (Lipinski definition) is 0. The van der Waals surface area contributed by atoms with Crippen LogP contribution in [0.25, 0.3) is 0 Å². The molecule has 2 fully saturated rings. The Kier molecular flexibility index (Phi) is 15.1. The van der Waals surface area contributed by atoms with Crippen LogP contribution < -0.4 is 153 Å². The molecule has 0 aliphatic carbocycles. The van der Waals surface area contributed by atoms with Gasteiger partial charge in [-0.25, -0.2) is 4.79 Å². The van der Waals surface area contributed by atoms with Gasteiger partial charge in [0.2, 0.25) is 0 Å². The van der Waals surface area contributed by atoms with E-state index in [1.54, 1.807) is 0 Å². The van der Waals surface area contributed by atoms with Gasteiger partial charge in [0, 0.05) is 31.9 Å². The summed E-state index contributed by atoms with van der Waals surface area (Å²) in [5.74, 6) is 0. The van der Waals surface area contributed by atoms with E-state index < -0.39 is 11.8 Å². The van der Waals surface area contributed by atoms with E-state index in [1.807, 2.05) is 49.9 Å². The van der Waals surface area contributed by atoms with Crippen LogP contribution in [0.4, 0.5) is 15.3 Å². The first-order valence-electron chi connectivity index (χ1n) is 9.65. The minimum atomic E-state index is -2.33. The molecule has 10 heteroatoms. The standard InChI is InChI=1S/C20H27N3O2.CH2O3.2Cs/c1-19(2,3)25-18(24)23-13-10-20(15-23)8-11-22(12-9-20)17-6-4-16(14-21)5-7-17;2-1(3)4;;/h4-7H,8-13,15H2,1-3H3;(H2,2,3,4);;/q;;2*+1/p-2. The molecule has 31 heavy (non-hydrogen) atoms. The molecular weight excluding hydrogens is 640 g/mol. The molecule has 158 valence electrons. The SMILES string of the molecule is CC(C)(C)OC(=O)N1CCC2(CCN(c3ccc(C#N)cc3)CC2)C1.O=C([O-])[O-].[Cs+].[Cs+]. The number of ether oxygens (including phenoxy) is 1. The number of carbonyl (C=O) groups excluding carboxylic acids is 2. The van der Waals surface area contributed by atoms with Gasteiger partial charge in [-0.2, -0.15) is 5.26 Å². The van der Waals surface area contributed by atoms with Gasteiger partial charge in [0.05, 0.1) is 11.6 Å². The summed E-state index contributed by atoms with van der Waals surface area (Å²) < 4.78 is 5.52. The molecule has 0 N–H and O–H groups in total. The van der Waals surface area contributed by atoms with E-state index in [2.05, 4.69) is 11.0 Å². The molecular formula is C21H27Cs2N3O5. The third-order valence-corrected chi connectivity index (χ3v) is 5.28. The van der Waals surface area contributed by atoms with Crippen molar-refractivity contribution in [1.82, 2.24) is 4.90 Å². The summed E-state index contributed by atoms with van der Waals surface area (Å²) in [4.78, 5) is 24.9. The molecule has 2 aliphatic heterocycles. The number of carboxylic acid groups (broad SMARTS) is 2. The van der Waals surface area contributed by atoms with Crippen molar-refractivity contribution < 1.29 is 162 Å². The average Bonchev–Trinajstić information content (AvgIpc) is 3.05. The summed E-state index contributed by atoms with van der Waals surface area (Å²) in [5, 5.41) is 25.6. The number of likely N-dealkylation sites (tertiary alicyclic amines) is 1. The second-order valence-corrected chi connectivity index (χ2v) is 8.55. The largest absolute Gasteiger partial charge is 1.00 e. The van der Waals surface area contributed by atoms with Gasteiger partial charge in [-0.05, 0) is 75.9 Å². The molecule has 1 aromatic rings. The van der Waals surface area contributed by atoms with Crippen LogP contribution in [0.5, 0.6) is 0 Å². The van der Waals surface area contributed by atoms with Gasteiger partial charge >= 0.3 is 144 Å². The number of benzene rings is 1. The van der Waals surface area contributed by atoms with Gasteiger partial charge < -0.3 is 29.5 Å². The Hall–Kier alpha value is 1.15. The van der Waals surface area contributed by atoms with Crippen LogP contribution >= 0.6 is 0 Å². The van der Waals surface area contributed by atoms with Crippen molar-refractivity contribution in [3.63, 3.8) is 0 Å². The Bertz CT molecular complexity index is 763. The van der Waals surface area contributed by atoms with Crippen molar-refractivity contribution in [3.8, 4) is 6.07 Å². The number of amides is 1. The number of anilines is 1. The van der Waals surface area contributed by atoms with Crippen LogP contribution in [-0.4, -0.2) is 48.9 Å². The normalized spacial score (nSPS) is 16.7. The van der Waals surface area contributed by atoms with E-state index in [0.29, 0.717) is 5.56 Å². The molecule has 3 rings (SSSR count). The number of nitrogens with zero attached hydrogens (tertiary/aromatic N) is 3. The van der Waals surface area contributed by atoms with Crippen LogP contribution in [0.15, 0.2) is 24.3 Å². The van der Waals surface area contributed by atoms with E-state index in [-0.39, 0.29) is 149 Å². The predicted molar refractivity (Wildman–Crippen MR) is 103 cm³/mol. The quantitative estimate of drug-likeness (QED) is 0.296. The van der Waals surface area contributed by atoms with E-state index in [0.717, 1.165) is 45.4 Å². The number of nitriles is 1. The maximum absolute atomic E-state index is 12.3. The topological polar surface area (TPSA) is 120 Å². The van der Waals surface area contributed by atoms with Crippen molar-refractivity contribution in [2.24, 2.45) is 5.41 Å². The molecule has 0 bridgehead atoms. The molecule has 1 spiro atoms. The molecule has 8 nitrogen and oxygen atoms in total. The van der Waals surface area contributed by atoms with Crippen molar-refractivity contribution in [2.75, 3.05) is 31.1 Å². The monoisotopic (exact) mass is 667 g/mol. The zero-order chi connectivity index (χ0) is 21.7. The van der Waals surface area contributed by atoms with Crippen LogP contribution in [-0.2, 0) is 4.74 Å². The summed E-state index contributed by atoms with van der Waals surface area (Å²) >= 11 is 0. The number of hydrogen-bond acceptors (Lipinski definition) is 7. The molecule has 2 aliphatic rings. The van der Waals surface area contributed by atoms with Gasteiger partial charge in [0.15, 0.2) is 0 Å². The first kappa shape index (κ1) is 32.2. The van der Waals surface area contributed by atoms with Crippen molar-refractivity contribution in [1.29, 1.82) is 5.26 Å². The number of rotatable bonds is 1. The average molecular weight is 667 g/mol. The molecule has 0 radical (unpaired) electrons. The Morgan fingerprint density at radius 3 is 1.97 bits per heavy atom. The molecule has 1 aromatic carbocycles. The van der Waals surface area contributed by atoms with Crippen LogP contribution in [0.1, 0.15) is 45.6 Å². The van der Waals surface area contributed by atoms with E-state index in [9.17, 15) is 4.79 Å². The molecule has 0 saturated carbocycles. The maximum atomic E-state index is 12.3. The molecule has 1 amide bonds. The molecule has 0 atom stereocenters. The Balaban J connectivity index is 0.00000138. The van der Waals surface area contributed by atoms with Crippen LogP contribution in [0.3, 0.4) is 0 Å². The van der Waals surface area contributed by atoms with Gasteiger partial charge in [0.1, 0.15) is 5.60 Å². The first-order valence-corrected chi connectivity index (χ1v) is 9.65. The van der Waals surface area contributed by atoms with Crippen molar-refractivity contribution >= 4 is 17.9 Å². The smallest absolute Gasteiger partial charge is 0.652 e. The third kappa shape index (κ3) is 11.0. The van der Waals surface area contributed by atoms with Gasteiger partial charge in [0.25, 0.3) is 0 Å². The third-order valence-electron chi connectivity index (χ3n) is 5.28. The molecule has 2 heterocycles. The summed E-state index contributed by atoms with van der Waals surface area (Å²) in [6, 6.07) is 9.96. The second kappa shape index (κ2) is 14.5. The van der Waals surface area contributed by atoms with Crippen LogP contribution in [0.2, 0.25) is 0 Å². The molecule has 0 unspecified atom stereocenters. The Morgan fingerprint density at radius 2 is 1.52 bits per heavy atom. The number of carbonyl (C=O) groups is 2. The molecule has 2 saturated heterocycles. The summed E-state index contributed by atoms with van der Waals surface area (Å²) in [6.45, 7) is 9.32. The van der Waals surface area contributed by atoms with Crippen molar-refractivity contribution in [2.45, 2.75) is 45.6 Å². The zero-order valence-electron chi connectivity index (χ0n) is 19.1. The summed E-state index contributed by atoms with van der Waals surface area (Å²) in [6.07, 6.45) is 0.727. The summed E-state index contributed by atoms with van der Waals surface area (Å²) in [5.41, 5.74) is 1.67. The van der Waals surface area contributed by atoms with E-state index in [4.69, 9.17) is 25.0 Å². The van der Waals surface area contributed by atoms with Crippen molar-refractivity contribution in [3.05, 3.63) is 29.8 Å². The van der Waals surface area contributed by atoms with Crippen LogP contribution in [0, 0.1) is 16.7 Å². The fraction of sp³-hybridized carbons (Fsp3) is 0.571. The summed E-state index contributed by atoms with van der Waals surface area (Å²) in [7, 11) is 0. The van der Waals surface area contributed by atoms with Gasteiger partial charge in [-0.15, -0.1) is 0 Å². The Morgan fingerprint density at radius 1 is 1.03 bits per heavy atom. The minimum absolute atomic E-state index is 0. The maximum Gasteiger partial charge on any atom is 1.00 e. The molecule has 0 aromatic heterocycles. The van der Waals surface area contributed by atoms with Gasteiger partial charge in [-0.3, -0.25) is 0 Å². The predicted octanol–water partition coefficient (Wildman–Crippen LogP) is -4.65. The number of piperidine rings is 1. The minimum Gasteiger partial charge on any atom is -0.652 e. The Labute approximate surface area is 301 Å². The zero-order valence-corrected chi connectivity index (χ0v) is 31.7. The first-order chi connectivity index (χ1) is 13.5.